The van der Waals surface area contributed by atoms with Gasteiger partial charge in [-0.3, -0.25) is 0 Å². The summed E-state index contributed by atoms with van der Waals surface area (Å²) < 4.78 is 14.3. The Morgan fingerprint density at radius 1 is 0.938 bits per heavy atom. The maximum atomic E-state index is 14.3. The first-order chi connectivity index (χ1) is 15.7. The third-order valence-electron chi connectivity index (χ3n) is 5.43. The van der Waals surface area contributed by atoms with E-state index in [0.717, 1.165) is 29.8 Å². The zero-order valence-corrected chi connectivity index (χ0v) is 18.8. The van der Waals surface area contributed by atoms with Crippen LogP contribution in [0, 0.1) is 5.82 Å². The molecule has 4 rings (SSSR count). The molecule has 0 spiro atoms. The second kappa shape index (κ2) is 10.5. The van der Waals surface area contributed by atoms with Crippen molar-refractivity contribution in [3.63, 3.8) is 0 Å². The number of hydrogen-bond donors (Lipinski definition) is 1. The highest BCUT2D eigenvalue weighted by molar-refractivity contribution is 6.31. The van der Waals surface area contributed by atoms with Crippen LogP contribution in [-0.4, -0.2) is 15.0 Å². The largest absolute Gasteiger partial charge is 0.304 e. The molecule has 1 atom stereocenters. The molecule has 0 amide bonds. The number of nitrogens with one attached hydrogen (secondary N) is 1. The Kier molecular flexibility index (Phi) is 7.30. The predicted molar refractivity (Wildman–Crippen MR) is 127 cm³/mol. The monoisotopic (exact) mass is 448 g/mol. The van der Waals surface area contributed by atoms with Gasteiger partial charge in [-0.15, -0.1) is 0 Å². The van der Waals surface area contributed by atoms with E-state index in [1.807, 2.05) is 36.4 Å². The first kappa shape index (κ1) is 22.2. The summed E-state index contributed by atoms with van der Waals surface area (Å²) in [6.45, 7) is 2.90. The lowest BCUT2D eigenvalue weighted by atomic mass is 10.0. The summed E-state index contributed by atoms with van der Waals surface area (Å²) in [6.07, 6.45) is 2.08. The standard InChI is InChI=1S/C26H26ClFN4/c1-2-10-24(19-11-5-3-6-12-19)29-17-25-26(20-13-7-4-8-14-20)31-32(30-25)18-21-22(27)15-9-16-23(21)28/h3-9,11-16,24,29H,2,10,17-18H2,1H3/t24-/m0/s1. The van der Waals surface area contributed by atoms with E-state index in [4.69, 9.17) is 21.8 Å². The fourth-order valence-corrected chi connectivity index (χ4v) is 4.02. The van der Waals surface area contributed by atoms with Crippen LogP contribution in [0.15, 0.2) is 78.9 Å². The third-order valence-corrected chi connectivity index (χ3v) is 5.78. The van der Waals surface area contributed by atoms with Gasteiger partial charge in [-0.1, -0.05) is 91.7 Å². The van der Waals surface area contributed by atoms with E-state index >= 15 is 0 Å². The van der Waals surface area contributed by atoms with Crippen molar-refractivity contribution in [1.29, 1.82) is 0 Å². The summed E-state index contributed by atoms with van der Waals surface area (Å²) in [4.78, 5) is 1.53. The van der Waals surface area contributed by atoms with Gasteiger partial charge in [0.15, 0.2) is 0 Å². The molecule has 1 N–H and O–H groups in total. The molecule has 164 valence electrons. The van der Waals surface area contributed by atoms with E-state index in [-0.39, 0.29) is 18.4 Å². The summed E-state index contributed by atoms with van der Waals surface area (Å²) in [5.74, 6) is -0.358. The molecule has 6 heteroatoms. The summed E-state index contributed by atoms with van der Waals surface area (Å²) in [6, 6.07) is 25.3. The van der Waals surface area contributed by atoms with E-state index in [1.54, 1.807) is 12.1 Å². The lowest BCUT2D eigenvalue weighted by Crippen LogP contribution is -2.21. The average Bonchev–Trinajstić information content (AvgIpc) is 3.23. The highest BCUT2D eigenvalue weighted by Crippen LogP contribution is 2.25. The maximum Gasteiger partial charge on any atom is 0.129 e. The van der Waals surface area contributed by atoms with Gasteiger partial charge in [0.2, 0.25) is 0 Å². The first-order valence-electron chi connectivity index (χ1n) is 10.9. The molecule has 0 aliphatic heterocycles. The molecule has 4 nitrogen and oxygen atoms in total. The Labute approximate surface area is 193 Å². The Hall–Kier alpha value is -3.02. The van der Waals surface area contributed by atoms with Gasteiger partial charge in [0.25, 0.3) is 0 Å². The third kappa shape index (κ3) is 5.23. The van der Waals surface area contributed by atoms with Crippen LogP contribution in [0.2, 0.25) is 5.02 Å². The fourth-order valence-electron chi connectivity index (χ4n) is 3.80. The van der Waals surface area contributed by atoms with Crippen LogP contribution < -0.4 is 5.32 Å². The Bertz CT molecular complexity index is 1120. The number of halogens is 2. The van der Waals surface area contributed by atoms with Crippen LogP contribution in [0.25, 0.3) is 11.3 Å². The normalized spacial score (nSPS) is 12.1. The summed E-state index contributed by atoms with van der Waals surface area (Å²) in [5.41, 5.74) is 4.22. The van der Waals surface area contributed by atoms with E-state index in [0.29, 0.717) is 17.1 Å². The maximum absolute atomic E-state index is 14.3. The minimum absolute atomic E-state index is 0.169. The van der Waals surface area contributed by atoms with Gasteiger partial charge in [-0.25, -0.2) is 4.39 Å². The van der Waals surface area contributed by atoms with Gasteiger partial charge in [0.05, 0.1) is 6.54 Å². The molecule has 0 aliphatic rings. The number of rotatable bonds is 9. The smallest absolute Gasteiger partial charge is 0.129 e. The molecule has 0 aliphatic carbocycles. The summed E-state index contributed by atoms with van der Waals surface area (Å²) in [5, 5.41) is 13.4. The average molecular weight is 449 g/mol. The van der Waals surface area contributed by atoms with Crippen LogP contribution >= 0.6 is 11.6 Å². The van der Waals surface area contributed by atoms with E-state index < -0.39 is 0 Å². The van der Waals surface area contributed by atoms with Crippen LogP contribution in [0.4, 0.5) is 4.39 Å². The van der Waals surface area contributed by atoms with Crippen molar-refractivity contribution >= 4 is 11.6 Å². The molecule has 0 bridgehead atoms. The lowest BCUT2D eigenvalue weighted by Gasteiger charge is -2.18. The van der Waals surface area contributed by atoms with Crippen molar-refractivity contribution < 1.29 is 4.39 Å². The predicted octanol–water partition coefficient (Wildman–Crippen LogP) is 6.42. The second-order valence-electron chi connectivity index (χ2n) is 7.72. The topological polar surface area (TPSA) is 42.7 Å². The highest BCUT2D eigenvalue weighted by atomic mass is 35.5. The fraction of sp³-hybridized carbons (Fsp3) is 0.231. The number of benzene rings is 3. The molecule has 0 saturated carbocycles. The number of nitrogens with zero attached hydrogens (tertiary/aromatic N) is 3. The Morgan fingerprint density at radius 2 is 1.66 bits per heavy atom. The van der Waals surface area contributed by atoms with Crippen LogP contribution in [-0.2, 0) is 13.1 Å². The van der Waals surface area contributed by atoms with Gasteiger partial charge in [-0.05, 0) is 24.1 Å². The van der Waals surface area contributed by atoms with E-state index in [9.17, 15) is 4.39 Å². The Morgan fingerprint density at radius 3 is 2.34 bits per heavy atom. The van der Waals surface area contributed by atoms with E-state index in [2.05, 4.69) is 36.5 Å². The van der Waals surface area contributed by atoms with Crippen molar-refractivity contribution in [3.05, 3.63) is 107 Å². The molecule has 0 radical (unpaired) electrons. The van der Waals surface area contributed by atoms with E-state index in [1.165, 1.54) is 16.4 Å². The molecule has 3 aromatic carbocycles. The second-order valence-corrected chi connectivity index (χ2v) is 8.13. The zero-order chi connectivity index (χ0) is 22.3. The van der Waals surface area contributed by atoms with Crippen LogP contribution in [0.5, 0.6) is 0 Å². The summed E-state index contributed by atoms with van der Waals surface area (Å²) in [7, 11) is 0. The molecule has 32 heavy (non-hydrogen) atoms. The van der Waals surface area contributed by atoms with Crippen molar-refractivity contribution in [2.45, 2.75) is 38.9 Å². The minimum Gasteiger partial charge on any atom is -0.304 e. The summed E-state index contributed by atoms with van der Waals surface area (Å²) >= 11 is 6.23. The van der Waals surface area contributed by atoms with Crippen LogP contribution in [0.1, 0.15) is 42.6 Å². The van der Waals surface area contributed by atoms with Crippen LogP contribution in [0.3, 0.4) is 0 Å². The zero-order valence-electron chi connectivity index (χ0n) is 18.0. The first-order valence-corrected chi connectivity index (χ1v) is 11.2. The molecule has 0 fully saturated rings. The van der Waals surface area contributed by atoms with Crippen molar-refractivity contribution in [1.82, 2.24) is 20.3 Å². The lowest BCUT2D eigenvalue weighted by molar-refractivity contribution is 0.484. The van der Waals surface area contributed by atoms with Crippen molar-refractivity contribution in [2.24, 2.45) is 0 Å². The molecule has 0 unspecified atom stereocenters. The quantitative estimate of drug-likeness (QED) is 0.321. The number of hydrogen-bond acceptors (Lipinski definition) is 3. The molecule has 4 aromatic rings. The molecular weight excluding hydrogens is 423 g/mol. The molecule has 1 heterocycles. The van der Waals surface area contributed by atoms with Gasteiger partial charge in [0, 0.05) is 28.7 Å². The molecular formula is C26H26ClFN4. The highest BCUT2D eigenvalue weighted by Gasteiger charge is 2.17. The Balaban J connectivity index is 1.63. The van der Waals surface area contributed by atoms with Crippen molar-refractivity contribution in [2.75, 3.05) is 0 Å². The molecule has 0 saturated heterocycles. The molecule has 1 aromatic heterocycles. The minimum atomic E-state index is -0.358. The van der Waals surface area contributed by atoms with Crippen molar-refractivity contribution in [3.8, 4) is 11.3 Å². The number of aromatic nitrogens is 3. The van der Waals surface area contributed by atoms with Gasteiger partial charge < -0.3 is 5.32 Å². The van der Waals surface area contributed by atoms with Gasteiger partial charge in [0.1, 0.15) is 17.2 Å². The van der Waals surface area contributed by atoms with Gasteiger partial charge >= 0.3 is 0 Å². The van der Waals surface area contributed by atoms with Gasteiger partial charge in [-0.2, -0.15) is 15.0 Å². The SMILES string of the molecule is CCC[C@H](NCc1nn(Cc2c(F)cccc2Cl)nc1-c1ccccc1)c1ccccc1.